The molecule has 4 nitrogen and oxygen atoms in total. The summed E-state index contributed by atoms with van der Waals surface area (Å²) in [5.41, 5.74) is 0. The molecule has 0 fully saturated rings. The zero-order chi connectivity index (χ0) is 17.1. The van der Waals surface area contributed by atoms with E-state index in [1.807, 2.05) is 0 Å². The van der Waals surface area contributed by atoms with Crippen LogP contribution in [0.5, 0.6) is 0 Å². The second-order valence-corrected chi connectivity index (χ2v) is 5.82. The molecule has 0 atom stereocenters. The van der Waals surface area contributed by atoms with Gasteiger partial charge in [0.05, 0.1) is 0 Å². The minimum atomic E-state index is -0.666. The Balaban J connectivity index is -0.000000333. The van der Waals surface area contributed by atoms with E-state index in [1.54, 1.807) is 0 Å². The first-order chi connectivity index (χ1) is 10.5. The zero-order valence-electron chi connectivity index (χ0n) is 14.9. The molecule has 0 aromatic carbocycles. The number of carboxylic acid groups (broad SMARTS) is 2. The summed E-state index contributed by atoms with van der Waals surface area (Å²) in [6.07, 6.45) is 14.5. The topological polar surface area (TPSA) is 74.6 Å². The van der Waals surface area contributed by atoms with E-state index in [-0.39, 0.29) is 16.5 Å². The SMILES string of the molecule is CCCCCCCCC(=O)O.CCCCCCCCC(=O)O.[Ni]. The monoisotopic (exact) mass is 374 g/mol. The molecule has 0 heterocycles. The van der Waals surface area contributed by atoms with Crippen LogP contribution in [0.15, 0.2) is 0 Å². The summed E-state index contributed by atoms with van der Waals surface area (Å²) in [6.45, 7) is 4.36. The largest absolute Gasteiger partial charge is 0.481 e. The molecule has 23 heavy (non-hydrogen) atoms. The predicted molar refractivity (Wildman–Crippen MR) is 91.3 cm³/mol. The molecule has 0 aliphatic carbocycles. The Hall–Kier alpha value is -0.566. The minimum Gasteiger partial charge on any atom is -0.481 e. The Labute approximate surface area is 152 Å². The summed E-state index contributed by atoms with van der Waals surface area (Å²) >= 11 is 0. The molecule has 0 aliphatic heterocycles. The Morgan fingerprint density at radius 2 is 0.826 bits per heavy atom. The van der Waals surface area contributed by atoms with Crippen LogP contribution in [0, 0.1) is 0 Å². The van der Waals surface area contributed by atoms with Gasteiger partial charge in [-0.05, 0) is 12.8 Å². The maximum atomic E-state index is 10.1. The third-order valence-electron chi connectivity index (χ3n) is 3.49. The first-order valence-electron chi connectivity index (χ1n) is 8.98. The van der Waals surface area contributed by atoms with Crippen molar-refractivity contribution in [3.63, 3.8) is 0 Å². The van der Waals surface area contributed by atoms with Gasteiger partial charge in [-0.25, -0.2) is 0 Å². The van der Waals surface area contributed by atoms with Gasteiger partial charge < -0.3 is 10.2 Å². The summed E-state index contributed by atoms with van der Waals surface area (Å²) in [5, 5.41) is 16.6. The Morgan fingerprint density at radius 3 is 1.09 bits per heavy atom. The molecule has 0 amide bonds. The Bertz CT molecular complexity index is 231. The molecule has 0 bridgehead atoms. The van der Waals surface area contributed by atoms with Crippen LogP contribution < -0.4 is 0 Å². The first kappa shape index (κ1) is 27.3. The number of hydrogen-bond acceptors (Lipinski definition) is 2. The van der Waals surface area contributed by atoms with Crippen LogP contribution in [0.1, 0.15) is 104 Å². The van der Waals surface area contributed by atoms with Crippen LogP contribution in [-0.4, -0.2) is 22.2 Å². The van der Waals surface area contributed by atoms with Gasteiger partial charge in [0, 0.05) is 29.3 Å². The van der Waals surface area contributed by atoms with Crippen molar-refractivity contribution >= 4 is 11.9 Å². The Kier molecular flexibility index (Phi) is 28.1. The average molecular weight is 375 g/mol. The molecule has 0 saturated carbocycles. The molecule has 0 spiro atoms. The normalized spacial score (nSPS) is 9.48. The van der Waals surface area contributed by atoms with E-state index in [2.05, 4.69) is 13.8 Å². The van der Waals surface area contributed by atoms with Gasteiger partial charge in [0.25, 0.3) is 0 Å². The molecule has 0 radical (unpaired) electrons. The molecule has 2 N–H and O–H groups in total. The van der Waals surface area contributed by atoms with Gasteiger partial charge in [0.1, 0.15) is 0 Å². The van der Waals surface area contributed by atoms with E-state index < -0.39 is 11.9 Å². The molecule has 0 aromatic heterocycles. The van der Waals surface area contributed by atoms with Gasteiger partial charge >= 0.3 is 11.9 Å². The quantitative estimate of drug-likeness (QED) is 0.304. The molecule has 0 unspecified atom stereocenters. The predicted octanol–water partition coefficient (Wildman–Crippen LogP) is 5.64. The molecule has 142 valence electrons. The van der Waals surface area contributed by atoms with Crippen molar-refractivity contribution in [2.24, 2.45) is 0 Å². The van der Waals surface area contributed by atoms with Crippen LogP contribution >= 0.6 is 0 Å². The Morgan fingerprint density at radius 1 is 0.565 bits per heavy atom. The maximum Gasteiger partial charge on any atom is 0.303 e. The third-order valence-corrected chi connectivity index (χ3v) is 3.49. The fourth-order valence-corrected chi connectivity index (χ4v) is 2.11. The van der Waals surface area contributed by atoms with E-state index >= 15 is 0 Å². The summed E-state index contributed by atoms with van der Waals surface area (Å²) < 4.78 is 0. The number of unbranched alkanes of at least 4 members (excludes halogenated alkanes) is 10. The van der Waals surface area contributed by atoms with Crippen molar-refractivity contribution in [2.45, 2.75) is 104 Å². The fourth-order valence-electron chi connectivity index (χ4n) is 2.11. The van der Waals surface area contributed by atoms with Crippen LogP contribution in [0.25, 0.3) is 0 Å². The molecule has 0 aliphatic rings. The van der Waals surface area contributed by atoms with Crippen molar-refractivity contribution in [1.82, 2.24) is 0 Å². The molecular weight excluding hydrogens is 339 g/mol. The molecule has 0 rings (SSSR count). The number of hydrogen-bond donors (Lipinski definition) is 2. The van der Waals surface area contributed by atoms with Crippen molar-refractivity contribution in [1.29, 1.82) is 0 Å². The number of aliphatic carboxylic acids is 2. The van der Waals surface area contributed by atoms with Gasteiger partial charge in [0.2, 0.25) is 0 Å². The number of carbonyl (C=O) groups is 2. The third kappa shape index (κ3) is 34.0. The number of carboxylic acids is 2. The summed E-state index contributed by atoms with van der Waals surface area (Å²) in [4.78, 5) is 20.2. The molecule has 0 aromatic rings. The first-order valence-corrected chi connectivity index (χ1v) is 8.98. The van der Waals surface area contributed by atoms with Gasteiger partial charge in [-0.3, -0.25) is 9.59 Å². The zero-order valence-corrected chi connectivity index (χ0v) is 15.9. The fraction of sp³-hybridized carbons (Fsp3) is 0.889. The van der Waals surface area contributed by atoms with Gasteiger partial charge in [-0.1, -0.05) is 78.1 Å². The van der Waals surface area contributed by atoms with Crippen molar-refractivity contribution < 1.29 is 36.3 Å². The van der Waals surface area contributed by atoms with Crippen LogP contribution in [-0.2, 0) is 26.1 Å². The van der Waals surface area contributed by atoms with E-state index in [9.17, 15) is 9.59 Å². The van der Waals surface area contributed by atoms with E-state index in [0.29, 0.717) is 12.8 Å². The van der Waals surface area contributed by atoms with Crippen LogP contribution in [0.2, 0.25) is 0 Å². The van der Waals surface area contributed by atoms with Crippen molar-refractivity contribution in [3.05, 3.63) is 0 Å². The van der Waals surface area contributed by atoms with Crippen molar-refractivity contribution in [2.75, 3.05) is 0 Å². The van der Waals surface area contributed by atoms with Gasteiger partial charge in [-0.2, -0.15) is 0 Å². The van der Waals surface area contributed by atoms with E-state index in [0.717, 1.165) is 25.7 Å². The number of rotatable bonds is 14. The van der Waals surface area contributed by atoms with E-state index in [4.69, 9.17) is 10.2 Å². The van der Waals surface area contributed by atoms with Crippen molar-refractivity contribution in [3.8, 4) is 0 Å². The standard InChI is InChI=1S/2C9H18O2.Ni/c2*1-2-3-4-5-6-7-8-9(10)11;/h2*2-8H2,1H3,(H,10,11);. The average Bonchev–Trinajstić information content (AvgIpc) is 2.46. The second-order valence-electron chi connectivity index (χ2n) is 5.82. The smallest absolute Gasteiger partial charge is 0.303 e. The van der Waals surface area contributed by atoms with Gasteiger partial charge in [-0.15, -0.1) is 0 Å². The molecular formula is C18H36NiO4. The maximum absolute atomic E-state index is 10.1. The van der Waals surface area contributed by atoms with E-state index in [1.165, 1.54) is 51.4 Å². The summed E-state index contributed by atoms with van der Waals surface area (Å²) in [5.74, 6) is -1.33. The molecule has 0 saturated heterocycles. The second kappa shape index (κ2) is 23.7. The van der Waals surface area contributed by atoms with Crippen LogP contribution in [0.3, 0.4) is 0 Å². The van der Waals surface area contributed by atoms with Crippen LogP contribution in [0.4, 0.5) is 0 Å². The minimum absolute atomic E-state index is 0. The summed E-state index contributed by atoms with van der Waals surface area (Å²) in [6, 6.07) is 0. The molecule has 5 heteroatoms. The van der Waals surface area contributed by atoms with Gasteiger partial charge in [0.15, 0.2) is 0 Å². The summed E-state index contributed by atoms with van der Waals surface area (Å²) in [7, 11) is 0.